The molecular formula is C16H11BrN2O. The summed E-state index contributed by atoms with van der Waals surface area (Å²) in [4.78, 5) is 20.7. The van der Waals surface area contributed by atoms with Crippen molar-refractivity contribution in [1.82, 2.24) is 9.97 Å². The van der Waals surface area contributed by atoms with E-state index in [0.717, 1.165) is 21.1 Å². The maximum Gasteiger partial charge on any atom is 0.168 e. The summed E-state index contributed by atoms with van der Waals surface area (Å²) >= 11 is 3.33. The molecule has 0 aliphatic heterocycles. The second kappa shape index (κ2) is 5.51. The number of ketones is 1. The first-order valence-electron chi connectivity index (χ1n) is 6.21. The van der Waals surface area contributed by atoms with E-state index < -0.39 is 0 Å². The lowest BCUT2D eigenvalue weighted by Gasteiger charge is -2.03. The smallest absolute Gasteiger partial charge is 0.168 e. The molecule has 0 bridgehead atoms. The van der Waals surface area contributed by atoms with Gasteiger partial charge in [0.1, 0.15) is 0 Å². The van der Waals surface area contributed by atoms with Crippen molar-refractivity contribution in [2.75, 3.05) is 0 Å². The Kier molecular flexibility index (Phi) is 3.56. The second-order valence-electron chi connectivity index (χ2n) is 4.48. The summed E-state index contributed by atoms with van der Waals surface area (Å²) in [6.45, 7) is 0. The number of fused-ring (bicyclic) bond motifs is 1. The number of nitrogens with zero attached hydrogens (tertiary/aromatic N) is 2. The SMILES string of the molecule is O=C(Cc1ccc(Br)cn1)c1ccc2ncccc2c1. The van der Waals surface area contributed by atoms with E-state index in [1.165, 1.54) is 0 Å². The molecular weight excluding hydrogens is 316 g/mol. The third-order valence-electron chi connectivity index (χ3n) is 3.06. The van der Waals surface area contributed by atoms with E-state index in [1.54, 1.807) is 12.4 Å². The third-order valence-corrected chi connectivity index (χ3v) is 3.52. The summed E-state index contributed by atoms with van der Waals surface area (Å²) in [5, 5.41) is 0.974. The largest absolute Gasteiger partial charge is 0.294 e. The molecule has 3 nitrogen and oxygen atoms in total. The molecule has 98 valence electrons. The minimum atomic E-state index is 0.0607. The van der Waals surface area contributed by atoms with Crippen LogP contribution in [0.3, 0.4) is 0 Å². The summed E-state index contributed by atoms with van der Waals surface area (Å²) in [7, 11) is 0. The highest BCUT2D eigenvalue weighted by atomic mass is 79.9. The molecule has 3 rings (SSSR count). The molecule has 0 atom stereocenters. The fourth-order valence-electron chi connectivity index (χ4n) is 2.03. The molecule has 20 heavy (non-hydrogen) atoms. The van der Waals surface area contributed by atoms with Crippen LogP contribution in [0.4, 0.5) is 0 Å². The fraction of sp³-hybridized carbons (Fsp3) is 0.0625. The number of benzene rings is 1. The van der Waals surface area contributed by atoms with Crippen molar-refractivity contribution in [2.24, 2.45) is 0 Å². The summed E-state index contributed by atoms with van der Waals surface area (Å²) in [5.74, 6) is 0.0607. The monoisotopic (exact) mass is 326 g/mol. The number of hydrogen-bond acceptors (Lipinski definition) is 3. The number of Topliss-reactive ketones (excluding diaryl/α,β-unsaturated/α-hetero) is 1. The highest BCUT2D eigenvalue weighted by molar-refractivity contribution is 9.10. The van der Waals surface area contributed by atoms with Gasteiger partial charge in [-0.3, -0.25) is 14.8 Å². The molecule has 2 heterocycles. The van der Waals surface area contributed by atoms with Crippen molar-refractivity contribution in [3.05, 3.63) is 70.6 Å². The highest BCUT2D eigenvalue weighted by Gasteiger charge is 2.09. The standard InChI is InChI=1S/C16H11BrN2O/c17-13-4-5-14(19-10-13)9-16(20)12-3-6-15-11(8-12)2-1-7-18-15/h1-8,10H,9H2. The Bertz CT molecular complexity index is 769. The number of rotatable bonds is 3. The molecule has 0 aliphatic carbocycles. The third kappa shape index (κ3) is 2.75. The van der Waals surface area contributed by atoms with E-state index in [0.29, 0.717) is 12.0 Å². The van der Waals surface area contributed by atoms with Crippen LogP contribution in [-0.4, -0.2) is 15.8 Å². The Morgan fingerprint density at radius 2 is 2.00 bits per heavy atom. The molecule has 0 N–H and O–H groups in total. The average molecular weight is 327 g/mol. The molecule has 0 fully saturated rings. The topological polar surface area (TPSA) is 42.9 Å². The Morgan fingerprint density at radius 3 is 2.80 bits per heavy atom. The van der Waals surface area contributed by atoms with Crippen molar-refractivity contribution in [1.29, 1.82) is 0 Å². The zero-order valence-electron chi connectivity index (χ0n) is 10.6. The number of aromatic nitrogens is 2. The highest BCUT2D eigenvalue weighted by Crippen LogP contribution is 2.15. The molecule has 0 spiro atoms. The lowest BCUT2D eigenvalue weighted by Crippen LogP contribution is -2.05. The van der Waals surface area contributed by atoms with Gasteiger partial charge in [0.25, 0.3) is 0 Å². The number of pyridine rings is 2. The van der Waals surface area contributed by atoms with Crippen molar-refractivity contribution >= 4 is 32.6 Å². The molecule has 0 aliphatic rings. The van der Waals surface area contributed by atoms with Crippen molar-refractivity contribution in [3.8, 4) is 0 Å². The molecule has 1 aromatic carbocycles. The number of halogens is 1. The molecule has 0 unspecified atom stereocenters. The van der Waals surface area contributed by atoms with E-state index in [1.807, 2.05) is 42.5 Å². The normalized spacial score (nSPS) is 10.7. The molecule has 0 radical (unpaired) electrons. The van der Waals surface area contributed by atoms with Gasteiger partial charge in [0.2, 0.25) is 0 Å². The summed E-state index contributed by atoms with van der Waals surface area (Å²) in [5.41, 5.74) is 2.35. The van der Waals surface area contributed by atoms with Gasteiger partial charge in [-0.1, -0.05) is 6.07 Å². The van der Waals surface area contributed by atoms with Crippen LogP contribution < -0.4 is 0 Å². The lowest BCUT2D eigenvalue weighted by molar-refractivity contribution is 0.0992. The Morgan fingerprint density at radius 1 is 1.10 bits per heavy atom. The molecule has 4 heteroatoms. The number of carbonyl (C=O) groups is 1. The van der Waals surface area contributed by atoms with E-state index in [2.05, 4.69) is 25.9 Å². The van der Waals surface area contributed by atoms with Gasteiger partial charge < -0.3 is 0 Å². The number of carbonyl (C=O) groups excluding carboxylic acids is 1. The summed E-state index contributed by atoms with van der Waals surface area (Å²) < 4.78 is 0.908. The minimum Gasteiger partial charge on any atom is -0.294 e. The lowest BCUT2D eigenvalue weighted by atomic mass is 10.0. The van der Waals surface area contributed by atoms with Crippen LogP contribution in [0.25, 0.3) is 10.9 Å². The van der Waals surface area contributed by atoms with Crippen LogP contribution in [0.15, 0.2) is 59.3 Å². The second-order valence-corrected chi connectivity index (χ2v) is 5.39. The average Bonchev–Trinajstić information content (AvgIpc) is 2.49. The predicted octanol–water partition coefficient (Wildman–Crippen LogP) is 3.82. The van der Waals surface area contributed by atoms with Crippen LogP contribution in [0.2, 0.25) is 0 Å². The first kappa shape index (κ1) is 12.9. The van der Waals surface area contributed by atoms with E-state index >= 15 is 0 Å². The van der Waals surface area contributed by atoms with Gasteiger partial charge in [-0.2, -0.15) is 0 Å². The Balaban J connectivity index is 1.86. The first-order chi connectivity index (χ1) is 9.72. The molecule has 0 saturated heterocycles. The number of hydrogen-bond donors (Lipinski definition) is 0. The van der Waals surface area contributed by atoms with E-state index in [4.69, 9.17) is 0 Å². The Labute approximate surface area is 124 Å². The van der Waals surface area contributed by atoms with Gasteiger partial charge in [-0.25, -0.2) is 0 Å². The molecule has 2 aromatic heterocycles. The van der Waals surface area contributed by atoms with E-state index in [9.17, 15) is 4.79 Å². The van der Waals surface area contributed by atoms with Gasteiger partial charge >= 0.3 is 0 Å². The molecule has 0 saturated carbocycles. The van der Waals surface area contributed by atoms with Gasteiger partial charge in [0.05, 0.1) is 11.9 Å². The maximum absolute atomic E-state index is 12.3. The summed E-state index contributed by atoms with van der Waals surface area (Å²) in [6, 6.07) is 13.1. The van der Waals surface area contributed by atoms with Crippen LogP contribution in [-0.2, 0) is 6.42 Å². The Hall–Kier alpha value is -2.07. The van der Waals surface area contributed by atoms with E-state index in [-0.39, 0.29) is 5.78 Å². The van der Waals surface area contributed by atoms with Gasteiger partial charge in [-0.15, -0.1) is 0 Å². The van der Waals surface area contributed by atoms with Crippen LogP contribution >= 0.6 is 15.9 Å². The van der Waals surface area contributed by atoms with Gasteiger partial charge in [0.15, 0.2) is 5.78 Å². The quantitative estimate of drug-likeness (QED) is 0.687. The molecule has 3 aromatic rings. The minimum absolute atomic E-state index is 0.0607. The van der Waals surface area contributed by atoms with Crippen LogP contribution in [0, 0.1) is 0 Å². The summed E-state index contributed by atoms with van der Waals surface area (Å²) in [6.07, 6.45) is 3.75. The van der Waals surface area contributed by atoms with Crippen molar-refractivity contribution in [2.45, 2.75) is 6.42 Å². The molecule has 0 amide bonds. The van der Waals surface area contributed by atoms with Crippen LogP contribution in [0.5, 0.6) is 0 Å². The van der Waals surface area contributed by atoms with Crippen molar-refractivity contribution < 1.29 is 4.79 Å². The first-order valence-corrected chi connectivity index (χ1v) is 7.00. The van der Waals surface area contributed by atoms with Crippen molar-refractivity contribution in [3.63, 3.8) is 0 Å². The van der Waals surface area contributed by atoms with Crippen LogP contribution in [0.1, 0.15) is 16.1 Å². The maximum atomic E-state index is 12.3. The fourth-order valence-corrected chi connectivity index (χ4v) is 2.26. The zero-order valence-corrected chi connectivity index (χ0v) is 12.2. The predicted molar refractivity (Wildman–Crippen MR) is 81.7 cm³/mol. The van der Waals surface area contributed by atoms with Gasteiger partial charge in [-0.05, 0) is 52.3 Å². The zero-order chi connectivity index (χ0) is 13.9. The van der Waals surface area contributed by atoms with Gasteiger partial charge in [0, 0.05) is 33.5 Å².